The van der Waals surface area contributed by atoms with Crippen LogP contribution >= 0.6 is 37.2 Å². The van der Waals surface area contributed by atoms with Crippen LogP contribution in [0.5, 0.6) is 0 Å². The molecule has 548 valence electrons. The Bertz CT molecular complexity index is 3700. The van der Waals surface area contributed by atoms with Crippen LogP contribution in [0.25, 0.3) is 11.1 Å². The minimum atomic E-state index is -5.15. The minimum Gasteiger partial charge on any atom is -0.465 e. The molecule has 6 aromatic rings. The van der Waals surface area contributed by atoms with E-state index in [1.165, 1.54) is 29.2 Å². The lowest BCUT2D eigenvalue weighted by Crippen LogP contribution is -2.50. The van der Waals surface area contributed by atoms with Gasteiger partial charge in [0.2, 0.25) is 11.8 Å². The van der Waals surface area contributed by atoms with Gasteiger partial charge in [0, 0.05) is 108 Å². The Morgan fingerprint density at radius 1 is 0.653 bits per heavy atom. The number of anilines is 1. The van der Waals surface area contributed by atoms with Gasteiger partial charge in [-0.05, 0) is 154 Å². The molecule has 0 radical (unpaired) electrons. The topological polar surface area (TPSA) is 159 Å². The van der Waals surface area contributed by atoms with E-state index in [1.54, 1.807) is 34.9 Å². The van der Waals surface area contributed by atoms with E-state index in [0.29, 0.717) is 120 Å². The molecule has 1 aliphatic carbocycles. The van der Waals surface area contributed by atoms with Crippen LogP contribution in [0.4, 0.5) is 41.2 Å². The fourth-order valence-corrected chi connectivity index (χ4v) is 14.3. The van der Waals surface area contributed by atoms with Gasteiger partial charge < -0.3 is 49.3 Å². The van der Waals surface area contributed by atoms with E-state index in [9.17, 15) is 59.8 Å². The van der Waals surface area contributed by atoms with Gasteiger partial charge in [-0.2, -0.15) is 26.3 Å². The first kappa shape index (κ1) is 81.0. The maximum atomic E-state index is 14.3. The molecule has 0 unspecified atom stereocenters. The second-order valence-electron chi connectivity index (χ2n) is 26.5. The summed E-state index contributed by atoms with van der Waals surface area (Å²) in [6, 6.07) is 39.3. The zero-order chi connectivity index (χ0) is 69.8. The van der Waals surface area contributed by atoms with Crippen LogP contribution in [0.15, 0.2) is 146 Å². The lowest BCUT2D eigenvalue weighted by Gasteiger charge is -2.44. The summed E-state index contributed by atoms with van der Waals surface area (Å²) in [6.45, 7) is 5.80. The van der Waals surface area contributed by atoms with Gasteiger partial charge >= 0.3 is 18.4 Å². The molecule has 2 atom stereocenters. The van der Waals surface area contributed by atoms with Gasteiger partial charge in [-0.1, -0.05) is 103 Å². The molecule has 26 heteroatoms. The second-order valence-corrected chi connectivity index (χ2v) is 26.5. The number of amides is 5. The summed E-state index contributed by atoms with van der Waals surface area (Å²) in [5.74, 6) is -1.83. The fourth-order valence-electron chi connectivity index (χ4n) is 14.3. The van der Waals surface area contributed by atoms with Gasteiger partial charge in [-0.15, -0.1) is 37.2 Å². The average molecular weight is 1470 g/mol. The molecule has 101 heavy (non-hydrogen) atoms. The Labute approximate surface area is 604 Å². The number of nitrogens with zero attached hydrogens (tertiary/aromatic N) is 7. The maximum Gasteiger partial charge on any atom is 0.416 e. The third kappa shape index (κ3) is 20.3. The van der Waals surface area contributed by atoms with Crippen molar-refractivity contribution in [3.05, 3.63) is 196 Å². The fraction of sp³-hybridized carbons (Fsp3) is 0.453. The van der Waals surface area contributed by atoms with Crippen LogP contribution in [0.3, 0.4) is 0 Å². The number of benzene rings is 6. The Kier molecular flexibility index (Phi) is 29.0. The van der Waals surface area contributed by atoms with Crippen molar-refractivity contribution in [2.75, 3.05) is 111 Å². The number of carbonyl (C=O) groups excluding carboxylic acids is 4. The number of carbonyl (C=O) groups is 5. The number of piperidine rings is 2. The van der Waals surface area contributed by atoms with Crippen LogP contribution < -0.4 is 10.2 Å². The Hall–Kier alpha value is -7.35. The first-order valence-electron chi connectivity index (χ1n) is 33.7. The molecule has 2 N–H and O–H groups in total. The predicted octanol–water partition coefficient (Wildman–Crippen LogP) is 13.9. The SMILES string of the molecule is CN(CCN1CCC(N(C(=O)O)c2ccccc2-c2ccccc2)CC1)C(=O)CCCCCNCc1cccc(C(=O)N(C)CCCN(C)C(=O)CO[C@H]2Cc3ccccc3C23CCN(CC[C@@]2(c4ccc(F)cc4)CN(C(=O)c4cc(C(F)(F)F)cc(C(F)(F)F)c4)CO2)CC3)c1.Cl.Cl.Cl. The molecular weight excluding hydrogens is 1380 g/mol. The first-order valence-corrected chi connectivity index (χ1v) is 33.7. The number of hydrogen-bond acceptors (Lipinski definition) is 10. The molecule has 3 heterocycles. The van der Waals surface area contributed by atoms with Gasteiger partial charge in [-0.3, -0.25) is 24.1 Å². The van der Waals surface area contributed by atoms with E-state index < -0.39 is 64.6 Å². The second kappa shape index (κ2) is 36.2. The Morgan fingerprint density at radius 3 is 1.97 bits per heavy atom. The third-order valence-corrected chi connectivity index (χ3v) is 20.1. The normalized spacial score (nSPS) is 17.6. The molecule has 3 aliphatic heterocycles. The van der Waals surface area contributed by atoms with Crippen molar-refractivity contribution in [2.24, 2.45) is 0 Å². The molecule has 1 spiro atoms. The number of halogens is 10. The largest absolute Gasteiger partial charge is 0.465 e. The summed E-state index contributed by atoms with van der Waals surface area (Å²) in [4.78, 5) is 79.0. The van der Waals surface area contributed by atoms with Crippen LogP contribution in [0, 0.1) is 5.82 Å². The molecule has 4 aliphatic rings. The van der Waals surface area contributed by atoms with Gasteiger partial charge in [0.15, 0.2) is 0 Å². The predicted molar refractivity (Wildman–Crippen MR) is 380 cm³/mol. The van der Waals surface area contributed by atoms with E-state index in [0.717, 1.165) is 78.2 Å². The number of unbranched alkanes of at least 4 members (excludes halogenated alkanes) is 2. The highest BCUT2D eigenvalue weighted by molar-refractivity contribution is 5.96. The number of ether oxygens (including phenoxy) is 2. The smallest absolute Gasteiger partial charge is 0.416 e. The van der Waals surface area contributed by atoms with Crippen molar-refractivity contribution in [1.29, 1.82) is 0 Å². The Morgan fingerprint density at radius 2 is 1.29 bits per heavy atom. The molecule has 6 aromatic carbocycles. The summed E-state index contributed by atoms with van der Waals surface area (Å²) < 4.78 is 110. The van der Waals surface area contributed by atoms with E-state index in [4.69, 9.17) is 9.47 Å². The summed E-state index contributed by atoms with van der Waals surface area (Å²) in [5, 5.41) is 13.8. The number of rotatable bonds is 27. The molecular formula is C75H90Cl3F7N8O8. The Balaban J connectivity index is 0.00000477. The first-order chi connectivity index (χ1) is 46.9. The molecule has 0 bridgehead atoms. The number of likely N-dealkylation sites (tertiary alicyclic amines) is 2. The van der Waals surface area contributed by atoms with E-state index in [-0.39, 0.29) is 92.7 Å². The zero-order valence-electron chi connectivity index (χ0n) is 57.0. The van der Waals surface area contributed by atoms with Crippen molar-refractivity contribution in [1.82, 2.24) is 34.7 Å². The van der Waals surface area contributed by atoms with Crippen LogP contribution in [0.1, 0.15) is 118 Å². The highest BCUT2D eigenvalue weighted by Crippen LogP contribution is 2.49. The van der Waals surface area contributed by atoms with Gasteiger partial charge in [0.1, 0.15) is 24.8 Å². The van der Waals surface area contributed by atoms with Crippen LogP contribution in [-0.2, 0) is 55.4 Å². The number of hydrogen-bond donors (Lipinski definition) is 2. The minimum absolute atomic E-state index is 0. The van der Waals surface area contributed by atoms with Crippen molar-refractivity contribution >= 4 is 72.6 Å². The number of alkyl halides is 6. The molecule has 10 rings (SSSR count). The molecule has 0 aromatic heterocycles. The van der Waals surface area contributed by atoms with Gasteiger partial charge in [0.05, 0.1) is 29.5 Å². The number of carboxylic acid groups (broad SMARTS) is 1. The lowest BCUT2D eigenvalue weighted by molar-refractivity contribution is -0.143. The van der Waals surface area contributed by atoms with E-state index in [1.807, 2.05) is 92.0 Å². The summed E-state index contributed by atoms with van der Waals surface area (Å²) in [6.07, 6.45) is -4.40. The molecule has 0 saturated carbocycles. The van der Waals surface area contributed by atoms with Gasteiger partial charge in [0.25, 0.3) is 11.8 Å². The number of likely N-dealkylation sites (N-methyl/N-ethyl adjacent to an activating group) is 2. The zero-order valence-corrected chi connectivity index (χ0v) is 59.4. The quantitative estimate of drug-likeness (QED) is 0.0373. The van der Waals surface area contributed by atoms with Crippen molar-refractivity contribution in [3.63, 3.8) is 0 Å². The summed E-state index contributed by atoms with van der Waals surface area (Å²) in [7, 11) is 5.31. The monoisotopic (exact) mass is 1470 g/mol. The van der Waals surface area contributed by atoms with Crippen molar-refractivity contribution in [3.8, 4) is 11.1 Å². The lowest BCUT2D eigenvalue weighted by atomic mass is 9.72. The van der Waals surface area contributed by atoms with Crippen LogP contribution in [0.2, 0.25) is 0 Å². The molecule has 3 fully saturated rings. The van der Waals surface area contributed by atoms with Gasteiger partial charge in [-0.25, -0.2) is 9.18 Å². The summed E-state index contributed by atoms with van der Waals surface area (Å²) >= 11 is 0. The number of fused-ring (bicyclic) bond motifs is 2. The maximum absolute atomic E-state index is 14.3. The standard InChI is InChI=1S/C75H87F7N8O8.3ClH/c1-84(35-15-36-86(3)69(93)56-20-14-16-53(44-56)49-83-34-13-5-8-24-67(91)85(2)42-43-87-37-29-62(30-38-87)90(71(95)96)65-23-12-10-21-63(65)54-17-6-4-7-18-54)68(92)50-97-66-47-55-19-9-11-22-64(55)72(66)31-39-88(40-32-72)41-33-73(58-25-27-61(76)28-26-58)51-89(52-98-73)70(94)57-45-59(74(77,78)79)48-60(46-57)75(80,81)82;;;/h4,6-7,9-12,14,16-23,25-28,44-46,48,62,66,83H,5,8,13,15,24,29-43,47,49-52H2,1-3H3,(H,95,96);3*1H/t66-,73-;;;/m0.../s1. The average Bonchev–Trinajstić information content (AvgIpc) is 1.61. The van der Waals surface area contributed by atoms with E-state index in [2.05, 4.69) is 27.2 Å². The number of nitrogens with one attached hydrogen (secondary N) is 1. The van der Waals surface area contributed by atoms with Crippen LogP contribution in [-0.4, -0.2) is 183 Å². The molecule has 5 amide bonds. The number of para-hydroxylation sites is 1. The van der Waals surface area contributed by atoms with Crippen molar-refractivity contribution < 1.29 is 69.3 Å². The highest BCUT2D eigenvalue weighted by Gasteiger charge is 2.50. The van der Waals surface area contributed by atoms with E-state index >= 15 is 0 Å². The highest BCUT2D eigenvalue weighted by atomic mass is 35.5. The molecule has 16 nitrogen and oxygen atoms in total. The summed E-state index contributed by atoms with van der Waals surface area (Å²) in [5.41, 5.74) is 1.19. The third-order valence-electron chi connectivity index (χ3n) is 20.1. The molecule has 3 saturated heterocycles. The van der Waals surface area contributed by atoms with Crippen molar-refractivity contribution in [2.45, 2.75) is 113 Å².